The molecule has 0 fully saturated rings. The standard InChI is InChI=1S/C16H17ClFNO/c1-10-4-6-13(17)9-15(10)19-11(2)12-5-7-16(20-3)14(18)8-12/h4-9,11,19H,1-3H3. The summed E-state index contributed by atoms with van der Waals surface area (Å²) in [4.78, 5) is 0. The number of rotatable bonds is 4. The zero-order chi connectivity index (χ0) is 14.7. The van der Waals surface area contributed by atoms with Crippen molar-refractivity contribution in [2.45, 2.75) is 19.9 Å². The third kappa shape index (κ3) is 3.23. The van der Waals surface area contributed by atoms with Crippen molar-refractivity contribution in [3.05, 3.63) is 58.4 Å². The summed E-state index contributed by atoms with van der Waals surface area (Å²) < 4.78 is 18.6. The fraction of sp³-hybridized carbons (Fsp3) is 0.250. The van der Waals surface area contributed by atoms with E-state index in [2.05, 4.69) is 5.32 Å². The van der Waals surface area contributed by atoms with Crippen molar-refractivity contribution in [2.75, 3.05) is 12.4 Å². The Morgan fingerprint density at radius 1 is 1.20 bits per heavy atom. The van der Waals surface area contributed by atoms with E-state index in [1.165, 1.54) is 13.2 Å². The number of hydrogen-bond acceptors (Lipinski definition) is 2. The van der Waals surface area contributed by atoms with Crippen LogP contribution in [0.15, 0.2) is 36.4 Å². The highest BCUT2D eigenvalue weighted by molar-refractivity contribution is 6.30. The Bertz CT molecular complexity index is 615. The molecule has 106 valence electrons. The third-order valence-corrected chi connectivity index (χ3v) is 3.48. The molecule has 0 aromatic heterocycles. The van der Waals surface area contributed by atoms with Crippen molar-refractivity contribution >= 4 is 17.3 Å². The Balaban J connectivity index is 2.21. The molecule has 0 saturated carbocycles. The summed E-state index contributed by atoms with van der Waals surface area (Å²) in [6.07, 6.45) is 0. The Morgan fingerprint density at radius 2 is 1.95 bits per heavy atom. The monoisotopic (exact) mass is 293 g/mol. The summed E-state index contributed by atoms with van der Waals surface area (Å²) >= 11 is 5.99. The van der Waals surface area contributed by atoms with Gasteiger partial charge in [-0.1, -0.05) is 23.7 Å². The molecule has 0 aliphatic heterocycles. The van der Waals surface area contributed by atoms with Crippen LogP contribution in [0.25, 0.3) is 0 Å². The summed E-state index contributed by atoms with van der Waals surface area (Å²) in [7, 11) is 1.45. The molecule has 4 heteroatoms. The summed E-state index contributed by atoms with van der Waals surface area (Å²) in [5, 5.41) is 4.01. The van der Waals surface area contributed by atoms with Crippen LogP contribution in [-0.4, -0.2) is 7.11 Å². The summed E-state index contributed by atoms with van der Waals surface area (Å²) in [6.45, 7) is 3.97. The van der Waals surface area contributed by atoms with Gasteiger partial charge >= 0.3 is 0 Å². The highest BCUT2D eigenvalue weighted by Crippen LogP contribution is 2.27. The molecule has 0 bridgehead atoms. The van der Waals surface area contributed by atoms with Gasteiger partial charge in [-0.15, -0.1) is 0 Å². The molecule has 20 heavy (non-hydrogen) atoms. The van der Waals surface area contributed by atoms with Crippen LogP contribution in [0.4, 0.5) is 10.1 Å². The molecule has 2 aromatic carbocycles. The summed E-state index contributed by atoms with van der Waals surface area (Å²) in [5.74, 6) is -0.110. The average Bonchev–Trinajstić information content (AvgIpc) is 2.42. The Hall–Kier alpha value is -1.74. The van der Waals surface area contributed by atoms with Gasteiger partial charge in [0.15, 0.2) is 11.6 Å². The Kier molecular flexibility index (Phi) is 4.50. The fourth-order valence-electron chi connectivity index (χ4n) is 2.02. The predicted molar refractivity (Wildman–Crippen MR) is 81.2 cm³/mol. The maximum Gasteiger partial charge on any atom is 0.165 e. The van der Waals surface area contributed by atoms with Crippen molar-refractivity contribution in [3.8, 4) is 5.75 Å². The molecule has 2 rings (SSSR count). The van der Waals surface area contributed by atoms with Crippen molar-refractivity contribution in [2.24, 2.45) is 0 Å². The number of aryl methyl sites for hydroxylation is 1. The van der Waals surface area contributed by atoms with Crippen molar-refractivity contribution in [1.29, 1.82) is 0 Å². The van der Waals surface area contributed by atoms with E-state index in [4.69, 9.17) is 16.3 Å². The van der Waals surface area contributed by atoms with Crippen LogP contribution in [0, 0.1) is 12.7 Å². The van der Waals surface area contributed by atoms with Gasteiger partial charge in [-0.25, -0.2) is 4.39 Å². The van der Waals surface area contributed by atoms with Crippen molar-refractivity contribution in [1.82, 2.24) is 0 Å². The minimum Gasteiger partial charge on any atom is -0.494 e. The molecule has 2 nitrogen and oxygen atoms in total. The first-order valence-electron chi connectivity index (χ1n) is 6.37. The van der Waals surface area contributed by atoms with Crippen LogP contribution in [0.2, 0.25) is 5.02 Å². The number of anilines is 1. The van der Waals surface area contributed by atoms with Crippen molar-refractivity contribution in [3.63, 3.8) is 0 Å². The maximum atomic E-state index is 13.7. The van der Waals surface area contributed by atoms with Gasteiger partial charge in [0.25, 0.3) is 0 Å². The molecule has 0 heterocycles. The SMILES string of the molecule is COc1ccc(C(C)Nc2cc(Cl)ccc2C)cc1F. The first-order chi connectivity index (χ1) is 9.51. The average molecular weight is 294 g/mol. The fourth-order valence-corrected chi connectivity index (χ4v) is 2.19. The van der Waals surface area contributed by atoms with Crippen LogP contribution in [0.5, 0.6) is 5.75 Å². The minimum absolute atomic E-state index is 0.0347. The normalized spacial score (nSPS) is 12.1. The highest BCUT2D eigenvalue weighted by Gasteiger charge is 2.10. The molecule has 0 aliphatic carbocycles. The van der Waals surface area contributed by atoms with E-state index in [0.29, 0.717) is 5.02 Å². The van der Waals surface area contributed by atoms with E-state index in [9.17, 15) is 4.39 Å². The van der Waals surface area contributed by atoms with Gasteiger partial charge in [0.05, 0.1) is 7.11 Å². The van der Waals surface area contributed by atoms with E-state index < -0.39 is 0 Å². The van der Waals surface area contributed by atoms with Crippen LogP contribution >= 0.6 is 11.6 Å². The van der Waals surface area contributed by atoms with E-state index in [1.54, 1.807) is 6.07 Å². The minimum atomic E-state index is -0.360. The second-order valence-electron chi connectivity index (χ2n) is 4.72. The number of hydrogen-bond donors (Lipinski definition) is 1. The lowest BCUT2D eigenvalue weighted by molar-refractivity contribution is 0.386. The molecule has 0 radical (unpaired) electrons. The second-order valence-corrected chi connectivity index (χ2v) is 5.16. The molecule has 1 atom stereocenters. The zero-order valence-electron chi connectivity index (χ0n) is 11.7. The van der Waals surface area contributed by atoms with Crippen LogP contribution in [0.3, 0.4) is 0 Å². The van der Waals surface area contributed by atoms with Gasteiger partial charge in [0.1, 0.15) is 0 Å². The van der Waals surface area contributed by atoms with Gasteiger partial charge in [0.2, 0.25) is 0 Å². The maximum absolute atomic E-state index is 13.7. The molecular weight excluding hydrogens is 277 g/mol. The zero-order valence-corrected chi connectivity index (χ0v) is 12.5. The molecule has 1 unspecified atom stereocenters. The van der Waals surface area contributed by atoms with Gasteiger partial charge in [-0.2, -0.15) is 0 Å². The molecule has 0 spiro atoms. The number of ether oxygens (including phenoxy) is 1. The number of halogens is 2. The van der Waals surface area contributed by atoms with E-state index in [0.717, 1.165) is 16.8 Å². The van der Waals surface area contributed by atoms with Crippen LogP contribution in [-0.2, 0) is 0 Å². The first kappa shape index (κ1) is 14.7. The quantitative estimate of drug-likeness (QED) is 0.859. The molecule has 0 amide bonds. The van der Waals surface area contributed by atoms with Gasteiger partial charge in [0, 0.05) is 16.8 Å². The highest BCUT2D eigenvalue weighted by atomic mass is 35.5. The number of methoxy groups -OCH3 is 1. The Morgan fingerprint density at radius 3 is 2.60 bits per heavy atom. The van der Waals surface area contributed by atoms with Crippen molar-refractivity contribution < 1.29 is 9.13 Å². The predicted octanol–water partition coefficient (Wildman–Crippen LogP) is 4.97. The van der Waals surface area contributed by atoms with E-state index in [-0.39, 0.29) is 17.6 Å². The smallest absolute Gasteiger partial charge is 0.165 e. The van der Waals surface area contributed by atoms with Gasteiger partial charge < -0.3 is 10.1 Å². The summed E-state index contributed by atoms with van der Waals surface area (Å²) in [5.41, 5.74) is 2.89. The number of nitrogens with one attached hydrogen (secondary N) is 1. The largest absolute Gasteiger partial charge is 0.494 e. The van der Waals surface area contributed by atoms with Gasteiger partial charge in [-0.05, 0) is 49.2 Å². The number of benzene rings is 2. The molecular formula is C16H17ClFNO. The van der Waals surface area contributed by atoms with Gasteiger partial charge in [-0.3, -0.25) is 0 Å². The molecule has 1 N–H and O–H groups in total. The first-order valence-corrected chi connectivity index (χ1v) is 6.75. The second kappa shape index (κ2) is 6.14. The topological polar surface area (TPSA) is 21.3 Å². The van der Waals surface area contributed by atoms with Crippen LogP contribution < -0.4 is 10.1 Å². The van der Waals surface area contributed by atoms with E-state index >= 15 is 0 Å². The van der Waals surface area contributed by atoms with E-state index in [1.807, 2.05) is 38.1 Å². The molecule has 2 aromatic rings. The van der Waals surface area contributed by atoms with Crippen LogP contribution in [0.1, 0.15) is 24.1 Å². The third-order valence-electron chi connectivity index (χ3n) is 3.25. The summed E-state index contributed by atoms with van der Waals surface area (Å²) in [6, 6.07) is 10.6. The Labute approximate surface area is 123 Å². The molecule has 0 saturated heterocycles. The lowest BCUT2D eigenvalue weighted by atomic mass is 10.1. The lowest BCUT2D eigenvalue weighted by Gasteiger charge is -2.18. The lowest BCUT2D eigenvalue weighted by Crippen LogP contribution is -2.08. The molecule has 0 aliphatic rings.